The van der Waals surface area contributed by atoms with E-state index in [1.165, 1.54) is 135 Å². The van der Waals surface area contributed by atoms with Gasteiger partial charge < -0.3 is 25.6 Å². The van der Waals surface area contributed by atoms with Crippen LogP contribution in [-0.4, -0.2) is 59.3 Å². The van der Waals surface area contributed by atoms with Crippen molar-refractivity contribution in [2.24, 2.45) is 0 Å². The van der Waals surface area contributed by atoms with Crippen LogP contribution < -0.4 is 10.6 Å². The molecule has 9 heteroatoms. The van der Waals surface area contributed by atoms with E-state index in [1.54, 1.807) is 0 Å². The van der Waals surface area contributed by atoms with Gasteiger partial charge in [-0.2, -0.15) is 0 Å². The van der Waals surface area contributed by atoms with Crippen molar-refractivity contribution in [3.8, 4) is 0 Å². The largest absolute Gasteiger partial charge is 0.480 e. The van der Waals surface area contributed by atoms with Gasteiger partial charge in [-0.25, -0.2) is 4.79 Å². The molecule has 0 heterocycles. The average Bonchev–Trinajstić information content (AvgIpc) is 3.15. The Hall–Kier alpha value is -2.42. The molecule has 316 valence electrons. The molecule has 0 aliphatic carbocycles. The van der Waals surface area contributed by atoms with Gasteiger partial charge in [0.2, 0.25) is 11.8 Å². The molecular formula is C45H84N2O7. The van der Waals surface area contributed by atoms with Crippen LogP contribution in [0.15, 0.2) is 12.2 Å². The SMILES string of the molecule is CCCCCCCCC/C=C\C(CCCCCCCCC(=O)NCC(=O)NC(CO)C(=O)O)OC(=O)CCCCCCCCCCCCCCCCCC. The molecule has 0 saturated heterocycles. The van der Waals surface area contributed by atoms with Gasteiger partial charge in [-0.3, -0.25) is 14.4 Å². The third-order valence-electron chi connectivity index (χ3n) is 10.2. The van der Waals surface area contributed by atoms with E-state index in [4.69, 9.17) is 14.9 Å². The van der Waals surface area contributed by atoms with E-state index >= 15 is 0 Å². The van der Waals surface area contributed by atoms with Gasteiger partial charge in [0.05, 0.1) is 13.2 Å². The highest BCUT2D eigenvalue weighted by Gasteiger charge is 2.18. The molecule has 54 heavy (non-hydrogen) atoms. The number of carbonyl (C=O) groups excluding carboxylic acids is 3. The maximum atomic E-state index is 12.8. The van der Waals surface area contributed by atoms with E-state index in [0.29, 0.717) is 19.3 Å². The fourth-order valence-electron chi connectivity index (χ4n) is 6.74. The molecule has 0 bridgehead atoms. The first-order chi connectivity index (χ1) is 26.3. The van der Waals surface area contributed by atoms with E-state index in [1.807, 2.05) is 0 Å². The molecule has 0 aromatic rings. The highest BCUT2D eigenvalue weighted by atomic mass is 16.5. The van der Waals surface area contributed by atoms with Crippen molar-refractivity contribution in [2.75, 3.05) is 13.2 Å². The van der Waals surface area contributed by atoms with Crippen molar-refractivity contribution in [2.45, 2.75) is 238 Å². The zero-order chi connectivity index (χ0) is 39.7. The summed E-state index contributed by atoms with van der Waals surface area (Å²) in [6.45, 7) is 3.49. The van der Waals surface area contributed by atoms with Crippen LogP contribution in [0, 0.1) is 0 Å². The minimum atomic E-state index is -1.38. The lowest BCUT2D eigenvalue weighted by Gasteiger charge is -2.15. The summed E-state index contributed by atoms with van der Waals surface area (Å²) in [7, 11) is 0. The van der Waals surface area contributed by atoms with E-state index in [9.17, 15) is 19.2 Å². The number of unbranched alkanes of at least 4 members (excludes halogenated alkanes) is 27. The predicted molar refractivity (Wildman–Crippen MR) is 222 cm³/mol. The van der Waals surface area contributed by atoms with E-state index in [0.717, 1.165) is 57.8 Å². The second-order valence-corrected chi connectivity index (χ2v) is 15.5. The molecule has 0 aromatic carbocycles. The van der Waals surface area contributed by atoms with Crippen LogP contribution >= 0.6 is 0 Å². The van der Waals surface area contributed by atoms with Crippen molar-refractivity contribution in [3.63, 3.8) is 0 Å². The molecule has 0 aliphatic rings. The molecule has 0 fully saturated rings. The van der Waals surface area contributed by atoms with Crippen molar-refractivity contribution in [1.82, 2.24) is 10.6 Å². The monoisotopic (exact) mass is 765 g/mol. The van der Waals surface area contributed by atoms with E-state index in [-0.39, 0.29) is 24.5 Å². The molecule has 2 atom stereocenters. The first-order valence-corrected chi connectivity index (χ1v) is 22.6. The molecule has 2 amide bonds. The lowest BCUT2D eigenvalue weighted by atomic mass is 10.0. The molecule has 4 N–H and O–H groups in total. The van der Waals surface area contributed by atoms with Crippen molar-refractivity contribution >= 4 is 23.8 Å². The zero-order valence-corrected chi connectivity index (χ0v) is 35.0. The fraction of sp³-hybridized carbons (Fsp3) is 0.867. The zero-order valence-electron chi connectivity index (χ0n) is 35.0. The van der Waals surface area contributed by atoms with Crippen LogP contribution in [0.25, 0.3) is 0 Å². The van der Waals surface area contributed by atoms with Gasteiger partial charge in [0.25, 0.3) is 0 Å². The average molecular weight is 765 g/mol. The van der Waals surface area contributed by atoms with Gasteiger partial charge >= 0.3 is 11.9 Å². The van der Waals surface area contributed by atoms with Gasteiger partial charge in [-0.15, -0.1) is 0 Å². The van der Waals surface area contributed by atoms with Crippen molar-refractivity contribution < 1.29 is 34.1 Å². The van der Waals surface area contributed by atoms with E-state index < -0.39 is 24.5 Å². The smallest absolute Gasteiger partial charge is 0.328 e. The van der Waals surface area contributed by atoms with Crippen molar-refractivity contribution in [1.29, 1.82) is 0 Å². The van der Waals surface area contributed by atoms with Crippen LogP contribution in [0.5, 0.6) is 0 Å². The number of carbonyl (C=O) groups is 4. The number of esters is 1. The number of aliphatic carboxylic acids is 1. The van der Waals surface area contributed by atoms with Gasteiger partial charge in [-0.1, -0.05) is 180 Å². The summed E-state index contributed by atoms with van der Waals surface area (Å²) in [5, 5.41) is 22.5. The molecule has 0 radical (unpaired) electrons. The molecule has 0 rings (SSSR count). The molecule has 9 nitrogen and oxygen atoms in total. The number of ether oxygens (including phenoxy) is 1. The van der Waals surface area contributed by atoms with Gasteiger partial charge in [0.15, 0.2) is 0 Å². The Morgan fingerprint density at radius 1 is 0.556 bits per heavy atom. The fourth-order valence-corrected chi connectivity index (χ4v) is 6.74. The van der Waals surface area contributed by atoms with Crippen LogP contribution in [-0.2, 0) is 23.9 Å². The van der Waals surface area contributed by atoms with Crippen LogP contribution in [0.2, 0.25) is 0 Å². The number of allylic oxidation sites excluding steroid dienone is 1. The summed E-state index contributed by atoms with van der Waals surface area (Å²) in [5.41, 5.74) is 0. The quantitative estimate of drug-likeness (QED) is 0.0276. The number of carboxylic acids is 1. The third kappa shape index (κ3) is 36.6. The molecule has 0 saturated carbocycles. The van der Waals surface area contributed by atoms with Crippen molar-refractivity contribution in [3.05, 3.63) is 12.2 Å². The highest BCUT2D eigenvalue weighted by molar-refractivity contribution is 5.87. The maximum Gasteiger partial charge on any atom is 0.328 e. The number of aliphatic hydroxyl groups is 1. The summed E-state index contributed by atoms with van der Waals surface area (Å²) in [4.78, 5) is 47.4. The van der Waals surface area contributed by atoms with Gasteiger partial charge in [0.1, 0.15) is 12.1 Å². The minimum Gasteiger partial charge on any atom is -0.480 e. The summed E-state index contributed by atoms with van der Waals surface area (Å²) in [6.07, 6.45) is 42.6. The lowest BCUT2D eigenvalue weighted by molar-refractivity contribution is -0.147. The number of rotatable bonds is 41. The second-order valence-electron chi connectivity index (χ2n) is 15.5. The first-order valence-electron chi connectivity index (χ1n) is 22.6. The number of aliphatic hydroxyl groups excluding tert-OH is 1. The number of hydrogen-bond acceptors (Lipinski definition) is 6. The normalized spacial score (nSPS) is 12.5. The number of nitrogens with one attached hydrogen (secondary N) is 2. The number of hydrogen-bond donors (Lipinski definition) is 4. The Bertz CT molecular complexity index is 926. The Balaban J connectivity index is 4.21. The van der Waals surface area contributed by atoms with Gasteiger partial charge in [-0.05, 0) is 44.6 Å². The molecule has 2 unspecified atom stereocenters. The van der Waals surface area contributed by atoms with E-state index in [2.05, 4.69) is 36.6 Å². The minimum absolute atomic E-state index is 0.0724. The van der Waals surface area contributed by atoms with Gasteiger partial charge in [0, 0.05) is 12.8 Å². The summed E-state index contributed by atoms with van der Waals surface area (Å²) >= 11 is 0. The summed E-state index contributed by atoms with van der Waals surface area (Å²) in [5.74, 6) is -2.31. The molecule has 0 aromatic heterocycles. The molecular weight excluding hydrogens is 681 g/mol. The summed E-state index contributed by atoms with van der Waals surface area (Å²) < 4.78 is 5.96. The second kappa shape index (κ2) is 40.2. The Labute approximate surface area is 331 Å². The molecule has 0 spiro atoms. The summed E-state index contributed by atoms with van der Waals surface area (Å²) in [6, 6.07) is -1.38. The third-order valence-corrected chi connectivity index (χ3v) is 10.2. The Kier molecular flexibility index (Phi) is 38.4. The molecule has 0 aliphatic heterocycles. The maximum absolute atomic E-state index is 12.8. The topological polar surface area (TPSA) is 142 Å². The first kappa shape index (κ1) is 51.6. The predicted octanol–water partition coefficient (Wildman–Crippen LogP) is 11.0. The van der Waals surface area contributed by atoms with Crippen LogP contribution in [0.4, 0.5) is 0 Å². The van der Waals surface area contributed by atoms with Crippen LogP contribution in [0.1, 0.15) is 226 Å². The Morgan fingerprint density at radius 3 is 1.44 bits per heavy atom. The number of amides is 2. The lowest BCUT2D eigenvalue weighted by Crippen LogP contribution is -2.47. The van der Waals surface area contributed by atoms with Crippen LogP contribution in [0.3, 0.4) is 0 Å². The number of carboxylic acid groups (broad SMARTS) is 1. The Morgan fingerprint density at radius 2 is 0.981 bits per heavy atom. The highest BCUT2D eigenvalue weighted by Crippen LogP contribution is 2.17. The standard InChI is InChI=1S/C45H84N2O7/c1-3-5-7-9-11-13-14-15-16-17-18-19-21-23-29-33-37-44(51)54-40(34-30-26-22-20-12-10-8-6-4-2)35-31-27-24-25-28-32-36-42(49)46-38-43(50)47-41(39-48)45(52)53/h30,34,40-41,48H,3-29,31-33,35-39H2,1-2H3,(H,46,49)(H,47,50)(H,52,53)/b34-30-.